The Balaban J connectivity index is 1.49. The maximum Gasteiger partial charge on any atom is 0.161 e. The molecular formula is C24H25N5O3. The minimum Gasteiger partial charge on any atom is -0.493 e. The van der Waals surface area contributed by atoms with Crippen LogP contribution in [-0.4, -0.2) is 45.5 Å². The number of hydrogen-bond acceptors (Lipinski definition) is 7. The Hall–Kier alpha value is -3.75. The fourth-order valence-electron chi connectivity index (χ4n) is 3.49. The third-order valence-electron chi connectivity index (χ3n) is 5.24. The third-order valence-corrected chi connectivity index (χ3v) is 5.24. The van der Waals surface area contributed by atoms with Crippen LogP contribution in [0.25, 0.3) is 28.2 Å². The smallest absolute Gasteiger partial charge is 0.161 e. The number of aliphatic hydroxyl groups is 1. The highest BCUT2D eigenvalue weighted by Gasteiger charge is 2.13. The third kappa shape index (κ3) is 4.61. The molecule has 4 aromatic rings. The topological polar surface area (TPSA) is 105 Å². The van der Waals surface area contributed by atoms with Crippen molar-refractivity contribution in [2.75, 3.05) is 14.2 Å². The monoisotopic (exact) mass is 431 g/mol. The van der Waals surface area contributed by atoms with E-state index in [9.17, 15) is 5.11 Å². The average molecular weight is 431 g/mol. The molecule has 3 aromatic heterocycles. The van der Waals surface area contributed by atoms with Gasteiger partial charge in [0.2, 0.25) is 0 Å². The second-order valence-corrected chi connectivity index (χ2v) is 7.30. The van der Waals surface area contributed by atoms with Gasteiger partial charge in [0, 0.05) is 52.9 Å². The number of benzene rings is 1. The van der Waals surface area contributed by atoms with Gasteiger partial charge in [-0.25, -0.2) is 15.0 Å². The van der Waals surface area contributed by atoms with Crippen LogP contribution in [0.4, 0.5) is 0 Å². The molecule has 0 saturated carbocycles. The molecule has 8 nitrogen and oxygen atoms in total. The van der Waals surface area contributed by atoms with Crippen molar-refractivity contribution in [3.05, 3.63) is 72.6 Å². The zero-order valence-electron chi connectivity index (χ0n) is 18.1. The molecule has 0 bridgehead atoms. The van der Waals surface area contributed by atoms with Crippen molar-refractivity contribution < 1.29 is 14.6 Å². The lowest BCUT2D eigenvalue weighted by atomic mass is 10.1. The lowest BCUT2D eigenvalue weighted by Crippen LogP contribution is -2.29. The highest BCUT2D eigenvalue weighted by atomic mass is 16.5. The Morgan fingerprint density at radius 3 is 2.56 bits per heavy atom. The standard InChI is InChI=1S/C24H25N5O3/c1-15(16-4-6-21(31-2)22(9-16)32-3)29-23(30)7-5-17-12-27-24-20(17)8-18(13-28-24)19-10-25-14-26-11-19/h4-15,23,29-30H,1-3H3,(H,27,28)/b7-5+/t15-,23?/m1/s1. The van der Waals surface area contributed by atoms with E-state index in [1.807, 2.05) is 43.5 Å². The molecule has 1 aromatic carbocycles. The Morgan fingerprint density at radius 1 is 1.03 bits per heavy atom. The van der Waals surface area contributed by atoms with Gasteiger partial charge >= 0.3 is 0 Å². The Morgan fingerprint density at radius 2 is 1.81 bits per heavy atom. The van der Waals surface area contributed by atoms with Gasteiger partial charge < -0.3 is 19.6 Å². The summed E-state index contributed by atoms with van der Waals surface area (Å²) in [6.45, 7) is 1.97. The molecule has 8 heteroatoms. The summed E-state index contributed by atoms with van der Waals surface area (Å²) in [5.41, 5.74) is 4.48. The van der Waals surface area contributed by atoms with E-state index >= 15 is 0 Å². The Kier molecular flexibility index (Phi) is 6.44. The highest BCUT2D eigenvalue weighted by molar-refractivity contribution is 5.89. The summed E-state index contributed by atoms with van der Waals surface area (Å²) in [6.07, 6.45) is 11.4. The largest absolute Gasteiger partial charge is 0.493 e. The fourth-order valence-corrected chi connectivity index (χ4v) is 3.49. The van der Waals surface area contributed by atoms with Gasteiger partial charge in [-0.1, -0.05) is 12.1 Å². The summed E-state index contributed by atoms with van der Waals surface area (Å²) in [7, 11) is 3.20. The van der Waals surface area contributed by atoms with Crippen LogP contribution in [0, 0.1) is 0 Å². The van der Waals surface area contributed by atoms with Crippen molar-refractivity contribution in [2.45, 2.75) is 19.2 Å². The second-order valence-electron chi connectivity index (χ2n) is 7.30. The zero-order chi connectivity index (χ0) is 22.5. The minimum atomic E-state index is -0.846. The molecule has 0 saturated heterocycles. The van der Waals surface area contributed by atoms with E-state index < -0.39 is 6.23 Å². The van der Waals surface area contributed by atoms with Crippen LogP contribution in [0.3, 0.4) is 0 Å². The molecule has 2 atom stereocenters. The van der Waals surface area contributed by atoms with Crippen molar-refractivity contribution in [2.24, 2.45) is 0 Å². The summed E-state index contributed by atoms with van der Waals surface area (Å²) < 4.78 is 10.6. The van der Waals surface area contributed by atoms with E-state index in [-0.39, 0.29) is 6.04 Å². The van der Waals surface area contributed by atoms with Crippen LogP contribution in [0.15, 0.2) is 61.5 Å². The number of aromatic amines is 1. The van der Waals surface area contributed by atoms with Gasteiger partial charge in [0.05, 0.1) is 14.2 Å². The van der Waals surface area contributed by atoms with Crippen LogP contribution in [-0.2, 0) is 0 Å². The van der Waals surface area contributed by atoms with Gasteiger partial charge in [0.25, 0.3) is 0 Å². The van der Waals surface area contributed by atoms with Crippen LogP contribution < -0.4 is 14.8 Å². The highest BCUT2D eigenvalue weighted by Crippen LogP contribution is 2.30. The Bertz CT molecular complexity index is 1220. The molecular weight excluding hydrogens is 406 g/mol. The van der Waals surface area contributed by atoms with E-state index in [4.69, 9.17) is 9.47 Å². The number of rotatable bonds is 8. The molecule has 0 radical (unpaired) electrons. The fraction of sp³-hybridized carbons (Fsp3) is 0.208. The average Bonchev–Trinajstić information content (AvgIpc) is 3.25. The minimum absolute atomic E-state index is 0.108. The molecule has 3 N–H and O–H groups in total. The zero-order valence-corrected chi connectivity index (χ0v) is 18.1. The van der Waals surface area contributed by atoms with Gasteiger partial charge in [-0.2, -0.15) is 0 Å². The summed E-state index contributed by atoms with van der Waals surface area (Å²) >= 11 is 0. The van der Waals surface area contributed by atoms with Crippen LogP contribution in [0.2, 0.25) is 0 Å². The molecule has 0 spiro atoms. The molecule has 0 fully saturated rings. The Labute approximate surface area is 186 Å². The van der Waals surface area contributed by atoms with E-state index in [1.54, 1.807) is 38.9 Å². The maximum atomic E-state index is 10.5. The predicted molar refractivity (Wildman–Crippen MR) is 123 cm³/mol. The van der Waals surface area contributed by atoms with Crippen molar-refractivity contribution in [3.8, 4) is 22.6 Å². The summed E-state index contributed by atoms with van der Waals surface area (Å²) in [6, 6.07) is 7.61. The summed E-state index contributed by atoms with van der Waals surface area (Å²) in [5, 5.41) is 14.6. The number of aliphatic hydroxyl groups excluding tert-OH is 1. The van der Waals surface area contributed by atoms with Gasteiger partial charge in [-0.15, -0.1) is 0 Å². The molecule has 4 rings (SSSR count). The number of H-pyrrole nitrogens is 1. The van der Waals surface area contributed by atoms with Gasteiger partial charge in [0.15, 0.2) is 11.5 Å². The first-order valence-corrected chi connectivity index (χ1v) is 10.2. The van der Waals surface area contributed by atoms with Gasteiger partial charge in [0.1, 0.15) is 18.2 Å². The number of pyridine rings is 1. The van der Waals surface area contributed by atoms with Crippen molar-refractivity contribution >= 4 is 17.1 Å². The molecule has 0 aliphatic rings. The number of aromatic nitrogens is 4. The second kappa shape index (κ2) is 9.59. The van der Waals surface area contributed by atoms with E-state index in [0.717, 1.165) is 33.3 Å². The van der Waals surface area contributed by atoms with Gasteiger partial charge in [-0.3, -0.25) is 5.32 Å². The summed E-state index contributed by atoms with van der Waals surface area (Å²) in [5.74, 6) is 1.31. The number of nitrogens with one attached hydrogen (secondary N) is 2. The molecule has 3 heterocycles. The lowest BCUT2D eigenvalue weighted by Gasteiger charge is -2.18. The predicted octanol–water partition coefficient (Wildman–Crippen LogP) is 3.72. The van der Waals surface area contributed by atoms with Gasteiger partial charge in [-0.05, 0) is 36.8 Å². The number of ether oxygens (including phenoxy) is 2. The van der Waals surface area contributed by atoms with Crippen molar-refractivity contribution in [1.29, 1.82) is 0 Å². The molecule has 0 aliphatic carbocycles. The number of hydrogen-bond donors (Lipinski definition) is 3. The molecule has 32 heavy (non-hydrogen) atoms. The first kappa shape index (κ1) is 21.5. The number of fused-ring (bicyclic) bond motifs is 1. The first-order chi connectivity index (χ1) is 15.6. The molecule has 0 amide bonds. The quantitative estimate of drug-likeness (QED) is 0.365. The molecule has 0 aliphatic heterocycles. The van der Waals surface area contributed by atoms with Crippen LogP contribution >= 0.6 is 0 Å². The number of nitrogens with zero attached hydrogens (tertiary/aromatic N) is 3. The van der Waals surface area contributed by atoms with E-state index in [1.165, 1.54) is 6.33 Å². The van der Waals surface area contributed by atoms with Crippen LogP contribution in [0.5, 0.6) is 11.5 Å². The summed E-state index contributed by atoms with van der Waals surface area (Å²) in [4.78, 5) is 15.8. The lowest BCUT2D eigenvalue weighted by molar-refractivity contribution is 0.171. The number of methoxy groups -OCH3 is 2. The van der Waals surface area contributed by atoms with Crippen molar-refractivity contribution in [1.82, 2.24) is 25.3 Å². The maximum absolute atomic E-state index is 10.5. The van der Waals surface area contributed by atoms with Crippen LogP contribution in [0.1, 0.15) is 24.1 Å². The molecule has 1 unspecified atom stereocenters. The van der Waals surface area contributed by atoms with Crippen molar-refractivity contribution in [3.63, 3.8) is 0 Å². The SMILES string of the molecule is COc1ccc([C@@H](C)NC(O)/C=C/c2c[nH]c3ncc(-c4cncnc4)cc23)cc1OC. The molecule has 164 valence electrons. The van der Waals surface area contributed by atoms with E-state index in [0.29, 0.717) is 11.5 Å². The normalized spacial score (nSPS) is 13.4. The first-order valence-electron chi connectivity index (χ1n) is 10.2. The van der Waals surface area contributed by atoms with E-state index in [2.05, 4.69) is 25.3 Å².